The van der Waals surface area contributed by atoms with Gasteiger partial charge in [0.1, 0.15) is 12.4 Å². The Labute approximate surface area is 249 Å². The maximum absolute atomic E-state index is 13.1. The average molecular weight is 628 g/mol. The quantitative estimate of drug-likeness (QED) is 0.274. The molecule has 4 rings (SSSR count). The minimum Gasteiger partial charge on any atom is -0.489 e. The van der Waals surface area contributed by atoms with Gasteiger partial charge in [0.2, 0.25) is 0 Å². The number of carboxylic acids is 2. The number of aromatic nitrogens is 2. The molecule has 1 aliphatic rings. The number of alkyl halides is 6. The zero-order valence-corrected chi connectivity index (χ0v) is 24.1. The number of hydrogen-bond donors (Lipinski definition) is 2. The molecule has 238 valence electrons. The molecule has 0 bridgehead atoms. The topological polar surface area (TPSA) is 113 Å². The summed E-state index contributed by atoms with van der Waals surface area (Å²) in [7, 11) is 0. The maximum atomic E-state index is 13.1. The molecule has 1 unspecified atom stereocenters. The molecule has 0 aliphatic carbocycles. The Morgan fingerprint density at radius 3 is 2.30 bits per heavy atom. The average Bonchev–Trinajstić information content (AvgIpc) is 2.91. The highest BCUT2D eigenvalue weighted by Gasteiger charge is 2.38. The Bertz CT molecular complexity index is 1490. The normalized spacial score (nSPS) is 14.2. The lowest BCUT2D eigenvalue weighted by Gasteiger charge is -2.29. The fourth-order valence-corrected chi connectivity index (χ4v) is 4.58. The summed E-state index contributed by atoms with van der Waals surface area (Å²) in [5.41, 5.74) is 4.24. The number of halogens is 6. The maximum Gasteiger partial charge on any atom is 0.490 e. The fourth-order valence-electron chi connectivity index (χ4n) is 4.58. The molecule has 0 saturated carbocycles. The first-order chi connectivity index (χ1) is 20.4. The molecule has 44 heavy (non-hydrogen) atoms. The molecule has 0 spiro atoms. The molecule has 0 fully saturated rings. The van der Waals surface area contributed by atoms with Crippen molar-refractivity contribution in [3.05, 3.63) is 76.1 Å². The molecule has 1 aromatic heterocycles. The summed E-state index contributed by atoms with van der Waals surface area (Å²) in [5, 5.41) is 16.1. The number of carboxylic acid groups (broad SMARTS) is 2. The zero-order chi connectivity index (χ0) is 32.8. The van der Waals surface area contributed by atoms with E-state index < -0.39 is 29.9 Å². The number of ether oxygens (including phenoxy) is 1. The minimum absolute atomic E-state index is 0.0346. The second-order valence-corrected chi connectivity index (χ2v) is 10.6. The van der Waals surface area contributed by atoms with Gasteiger partial charge < -0.3 is 14.9 Å². The van der Waals surface area contributed by atoms with Crippen molar-refractivity contribution in [3.63, 3.8) is 0 Å². The van der Waals surface area contributed by atoms with Crippen molar-refractivity contribution in [3.8, 4) is 17.1 Å². The lowest BCUT2D eigenvalue weighted by Crippen LogP contribution is -2.35. The van der Waals surface area contributed by atoms with Gasteiger partial charge in [-0.1, -0.05) is 13.0 Å². The first-order valence-corrected chi connectivity index (χ1v) is 13.4. The van der Waals surface area contributed by atoms with Crippen LogP contribution in [0.4, 0.5) is 26.3 Å². The Morgan fingerprint density at radius 1 is 1.02 bits per heavy atom. The summed E-state index contributed by atoms with van der Waals surface area (Å²) in [6.45, 7) is 7.85. The van der Waals surface area contributed by atoms with Crippen molar-refractivity contribution >= 4 is 11.9 Å². The predicted molar refractivity (Wildman–Crippen MR) is 147 cm³/mol. The Morgan fingerprint density at radius 2 is 1.70 bits per heavy atom. The van der Waals surface area contributed by atoms with E-state index in [1.165, 1.54) is 6.07 Å². The van der Waals surface area contributed by atoms with Crippen molar-refractivity contribution < 1.29 is 50.9 Å². The molecule has 14 heteroatoms. The van der Waals surface area contributed by atoms with Crippen LogP contribution in [0.3, 0.4) is 0 Å². The Kier molecular flexibility index (Phi) is 11.0. The van der Waals surface area contributed by atoms with Crippen molar-refractivity contribution in [2.24, 2.45) is 5.92 Å². The van der Waals surface area contributed by atoms with Crippen LogP contribution in [-0.4, -0.2) is 56.3 Å². The van der Waals surface area contributed by atoms with E-state index in [0.717, 1.165) is 53.0 Å². The molecule has 1 atom stereocenters. The molecule has 3 aromatic rings. The third-order valence-corrected chi connectivity index (χ3v) is 6.84. The molecule has 0 saturated heterocycles. The van der Waals surface area contributed by atoms with E-state index in [4.69, 9.17) is 24.7 Å². The van der Waals surface area contributed by atoms with Crippen LogP contribution in [0, 0.1) is 19.8 Å². The highest BCUT2D eigenvalue weighted by molar-refractivity contribution is 5.73. The SMILES string of the molecule is Cc1ccc(C(F)(F)F)cc1COc1ccc(-c2ncc3c(n2)CCN(CC(C)CC(=O)O)C3)cc1C.O=C(O)C(F)(F)F. The second-order valence-electron chi connectivity index (χ2n) is 10.6. The zero-order valence-electron chi connectivity index (χ0n) is 24.1. The van der Waals surface area contributed by atoms with Crippen molar-refractivity contribution in [1.82, 2.24) is 14.9 Å². The summed E-state index contributed by atoms with van der Waals surface area (Å²) < 4.78 is 76.8. The summed E-state index contributed by atoms with van der Waals surface area (Å²) in [4.78, 5) is 31.4. The van der Waals surface area contributed by atoms with Gasteiger partial charge in [-0.2, -0.15) is 26.3 Å². The van der Waals surface area contributed by atoms with Gasteiger partial charge in [0.05, 0.1) is 11.3 Å². The van der Waals surface area contributed by atoms with Gasteiger partial charge in [-0.05, 0) is 66.8 Å². The van der Waals surface area contributed by atoms with Crippen LogP contribution in [0.5, 0.6) is 5.75 Å². The van der Waals surface area contributed by atoms with E-state index in [2.05, 4.69) is 9.88 Å². The van der Waals surface area contributed by atoms with Gasteiger partial charge in [-0.3, -0.25) is 9.69 Å². The van der Waals surface area contributed by atoms with Crippen LogP contribution in [0.1, 0.15) is 46.9 Å². The standard InChI is InChI=1S/C28H30F3N3O3.C2HF3O2/c1-17(10-26(35)36)14-34-9-8-24-22(15-34)13-32-27(33-24)20-5-7-25(19(3)11-20)37-16-21-12-23(28(29,30)31)6-4-18(21)2;3-2(4,5)1(6)7/h4-7,11-13,17H,8-10,14-16H2,1-3H3,(H,35,36);(H,6,7). The summed E-state index contributed by atoms with van der Waals surface area (Å²) in [5.74, 6) is -2.28. The highest BCUT2D eigenvalue weighted by Crippen LogP contribution is 2.32. The second kappa shape index (κ2) is 14.1. The third-order valence-electron chi connectivity index (χ3n) is 6.84. The van der Waals surface area contributed by atoms with E-state index in [1.807, 2.05) is 32.2 Å². The molecule has 0 radical (unpaired) electrons. The first kappa shape index (κ1) is 34.3. The molecular formula is C30H31F6N3O5. The van der Waals surface area contributed by atoms with Gasteiger partial charge in [-0.25, -0.2) is 14.8 Å². The molecule has 1 aliphatic heterocycles. The highest BCUT2D eigenvalue weighted by atomic mass is 19.4. The lowest BCUT2D eigenvalue weighted by atomic mass is 10.0. The Balaban J connectivity index is 0.000000676. The van der Waals surface area contributed by atoms with Crippen LogP contribution in [0.25, 0.3) is 11.4 Å². The molecule has 2 N–H and O–H groups in total. The molecular weight excluding hydrogens is 596 g/mol. The van der Waals surface area contributed by atoms with Crippen LogP contribution in [-0.2, 0) is 35.3 Å². The van der Waals surface area contributed by atoms with E-state index in [0.29, 0.717) is 30.2 Å². The monoisotopic (exact) mass is 627 g/mol. The van der Waals surface area contributed by atoms with Crippen LogP contribution < -0.4 is 4.74 Å². The fraction of sp³-hybridized carbons (Fsp3) is 0.400. The number of carbonyl (C=O) groups is 2. The van der Waals surface area contributed by atoms with Gasteiger partial charge in [0, 0.05) is 49.8 Å². The lowest BCUT2D eigenvalue weighted by molar-refractivity contribution is -0.192. The molecule has 2 aromatic carbocycles. The summed E-state index contributed by atoms with van der Waals surface area (Å²) in [6, 6.07) is 9.23. The number of nitrogens with zero attached hydrogens (tertiary/aromatic N) is 3. The molecule has 8 nitrogen and oxygen atoms in total. The largest absolute Gasteiger partial charge is 0.490 e. The summed E-state index contributed by atoms with van der Waals surface area (Å²) in [6.07, 6.45) is -6.73. The smallest absolute Gasteiger partial charge is 0.489 e. The minimum atomic E-state index is -5.08. The van der Waals surface area contributed by atoms with Crippen LogP contribution in [0.2, 0.25) is 0 Å². The van der Waals surface area contributed by atoms with Crippen molar-refractivity contribution in [2.75, 3.05) is 13.1 Å². The molecule has 0 amide bonds. The van der Waals surface area contributed by atoms with Crippen LogP contribution in [0.15, 0.2) is 42.6 Å². The van der Waals surface area contributed by atoms with Crippen molar-refractivity contribution in [1.29, 1.82) is 0 Å². The number of benzene rings is 2. The first-order valence-electron chi connectivity index (χ1n) is 13.4. The van der Waals surface area contributed by atoms with Gasteiger partial charge in [0.25, 0.3) is 0 Å². The summed E-state index contributed by atoms with van der Waals surface area (Å²) >= 11 is 0. The number of aliphatic carboxylic acids is 2. The van der Waals surface area contributed by atoms with Gasteiger partial charge in [-0.15, -0.1) is 0 Å². The molecule has 2 heterocycles. The van der Waals surface area contributed by atoms with E-state index in [-0.39, 0.29) is 18.9 Å². The number of aryl methyl sites for hydroxylation is 2. The number of hydrogen-bond acceptors (Lipinski definition) is 6. The van der Waals surface area contributed by atoms with E-state index in [1.54, 1.807) is 13.0 Å². The van der Waals surface area contributed by atoms with E-state index in [9.17, 15) is 31.1 Å². The van der Waals surface area contributed by atoms with E-state index >= 15 is 0 Å². The Hall–Kier alpha value is -4.20. The predicted octanol–water partition coefficient (Wildman–Crippen LogP) is 6.46. The number of rotatable bonds is 8. The van der Waals surface area contributed by atoms with Crippen LogP contribution >= 0.6 is 0 Å². The number of fused-ring (bicyclic) bond motifs is 1. The van der Waals surface area contributed by atoms with Gasteiger partial charge in [0.15, 0.2) is 5.82 Å². The van der Waals surface area contributed by atoms with Gasteiger partial charge >= 0.3 is 24.3 Å². The van der Waals surface area contributed by atoms with Crippen molar-refractivity contribution in [2.45, 2.75) is 59.1 Å². The third kappa shape index (κ3) is 9.66.